The molecule has 0 aromatic rings. The van der Waals surface area contributed by atoms with Gasteiger partial charge in [0.1, 0.15) is 0 Å². The molecule has 0 radical (unpaired) electrons. The molecule has 1 unspecified atom stereocenters. The van der Waals surface area contributed by atoms with Crippen molar-refractivity contribution in [2.75, 3.05) is 19.8 Å². The Morgan fingerprint density at radius 1 is 1.16 bits per heavy atom. The Labute approximate surface area is 118 Å². The smallest absolute Gasteiger partial charge is 0.314 e. The Balaban J connectivity index is 2.98. The number of carbonyl (C=O) groups is 1. The van der Waals surface area contributed by atoms with Crippen LogP contribution in [0.3, 0.4) is 0 Å². The van der Waals surface area contributed by atoms with Crippen LogP contribution in [-0.4, -0.2) is 25.8 Å². The highest BCUT2D eigenvalue weighted by Crippen LogP contribution is 2.45. The average molecular weight is 270 g/mol. The first-order valence-electron chi connectivity index (χ1n) is 7.84. The molecule has 1 aliphatic rings. The van der Waals surface area contributed by atoms with Gasteiger partial charge in [0.15, 0.2) is 0 Å². The number of rotatable bonds is 7. The van der Waals surface area contributed by atoms with Crippen LogP contribution in [0.15, 0.2) is 0 Å². The summed E-state index contributed by atoms with van der Waals surface area (Å²) in [6, 6.07) is 0. The molecule has 1 saturated carbocycles. The zero-order valence-corrected chi connectivity index (χ0v) is 13.0. The minimum atomic E-state index is -0.452. The van der Waals surface area contributed by atoms with E-state index < -0.39 is 5.41 Å². The van der Waals surface area contributed by atoms with E-state index in [4.69, 9.17) is 9.47 Å². The van der Waals surface area contributed by atoms with E-state index in [9.17, 15) is 4.79 Å². The van der Waals surface area contributed by atoms with Crippen LogP contribution in [0.2, 0.25) is 0 Å². The minimum absolute atomic E-state index is 0.0506. The van der Waals surface area contributed by atoms with Crippen molar-refractivity contribution >= 4 is 5.97 Å². The summed E-state index contributed by atoms with van der Waals surface area (Å²) in [6.45, 7) is 9.73. The third-order valence-corrected chi connectivity index (χ3v) is 4.56. The number of hydrogen-bond donors (Lipinski definition) is 0. The molecule has 3 nitrogen and oxygen atoms in total. The van der Waals surface area contributed by atoms with Crippen LogP contribution >= 0.6 is 0 Å². The normalized spacial score (nSPS) is 20.3. The van der Waals surface area contributed by atoms with Crippen molar-refractivity contribution in [3.8, 4) is 0 Å². The van der Waals surface area contributed by atoms with Crippen LogP contribution in [0, 0.1) is 17.3 Å². The molecule has 0 spiro atoms. The van der Waals surface area contributed by atoms with E-state index in [1.54, 1.807) is 0 Å². The maximum atomic E-state index is 12.6. The zero-order valence-electron chi connectivity index (χ0n) is 13.0. The summed E-state index contributed by atoms with van der Waals surface area (Å²) in [5.74, 6) is 0.610. The molecule has 0 aromatic heterocycles. The maximum absolute atomic E-state index is 12.6. The lowest BCUT2D eigenvalue weighted by molar-refractivity contribution is -0.171. The second-order valence-electron chi connectivity index (χ2n) is 5.89. The third kappa shape index (κ3) is 3.71. The van der Waals surface area contributed by atoms with E-state index in [0.717, 1.165) is 12.8 Å². The first-order valence-corrected chi connectivity index (χ1v) is 7.84. The van der Waals surface area contributed by atoms with Crippen LogP contribution in [0.4, 0.5) is 0 Å². The van der Waals surface area contributed by atoms with E-state index in [0.29, 0.717) is 25.7 Å². The summed E-state index contributed by atoms with van der Waals surface area (Å²) >= 11 is 0. The van der Waals surface area contributed by atoms with Crippen molar-refractivity contribution < 1.29 is 14.3 Å². The SMILES string of the molecule is CCOCC(C(=O)OCC)(C(C)C)C1CCCCC1. The van der Waals surface area contributed by atoms with Crippen LogP contribution in [0.25, 0.3) is 0 Å². The number of ether oxygens (including phenoxy) is 2. The topological polar surface area (TPSA) is 35.5 Å². The fourth-order valence-electron chi connectivity index (χ4n) is 3.37. The first-order chi connectivity index (χ1) is 9.09. The van der Waals surface area contributed by atoms with Gasteiger partial charge < -0.3 is 9.47 Å². The largest absolute Gasteiger partial charge is 0.465 e. The molecule has 1 aliphatic carbocycles. The molecule has 1 atom stereocenters. The molecule has 1 rings (SSSR count). The lowest BCUT2D eigenvalue weighted by Gasteiger charge is -2.43. The summed E-state index contributed by atoms with van der Waals surface area (Å²) in [5.41, 5.74) is -0.452. The van der Waals surface area contributed by atoms with Crippen molar-refractivity contribution in [1.82, 2.24) is 0 Å². The van der Waals surface area contributed by atoms with Crippen LogP contribution in [0.1, 0.15) is 59.8 Å². The average Bonchev–Trinajstić information content (AvgIpc) is 2.41. The first kappa shape index (κ1) is 16.5. The Bertz CT molecular complexity index is 269. The van der Waals surface area contributed by atoms with E-state index >= 15 is 0 Å². The number of hydrogen-bond acceptors (Lipinski definition) is 3. The molecule has 3 heteroatoms. The van der Waals surface area contributed by atoms with Gasteiger partial charge >= 0.3 is 5.97 Å². The van der Waals surface area contributed by atoms with Crippen molar-refractivity contribution in [3.63, 3.8) is 0 Å². The minimum Gasteiger partial charge on any atom is -0.465 e. The van der Waals surface area contributed by atoms with Crippen LogP contribution < -0.4 is 0 Å². The summed E-state index contributed by atoms with van der Waals surface area (Å²) in [5, 5.41) is 0. The molecule has 1 fully saturated rings. The predicted molar refractivity (Wildman–Crippen MR) is 77.0 cm³/mol. The van der Waals surface area contributed by atoms with Crippen molar-refractivity contribution in [2.24, 2.45) is 17.3 Å². The Morgan fingerprint density at radius 2 is 1.79 bits per heavy atom. The molecule has 0 heterocycles. The lowest BCUT2D eigenvalue weighted by atomic mass is 9.63. The summed E-state index contributed by atoms with van der Waals surface area (Å²) in [4.78, 5) is 12.6. The molecule has 0 aliphatic heterocycles. The quantitative estimate of drug-likeness (QED) is 0.660. The molecule has 0 amide bonds. The van der Waals surface area contributed by atoms with E-state index in [2.05, 4.69) is 13.8 Å². The van der Waals surface area contributed by atoms with Crippen molar-refractivity contribution in [2.45, 2.75) is 59.8 Å². The summed E-state index contributed by atoms with van der Waals surface area (Å²) in [6.07, 6.45) is 6.01. The molecule has 0 bridgehead atoms. The van der Waals surface area contributed by atoms with Crippen LogP contribution in [-0.2, 0) is 14.3 Å². The van der Waals surface area contributed by atoms with Crippen molar-refractivity contribution in [3.05, 3.63) is 0 Å². The fourth-order valence-corrected chi connectivity index (χ4v) is 3.37. The van der Waals surface area contributed by atoms with Gasteiger partial charge in [0, 0.05) is 6.61 Å². The molecule has 0 N–H and O–H groups in total. The van der Waals surface area contributed by atoms with Crippen molar-refractivity contribution in [1.29, 1.82) is 0 Å². The third-order valence-electron chi connectivity index (χ3n) is 4.56. The summed E-state index contributed by atoms with van der Waals surface area (Å²) in [7, 11) is 0. The molecule has 112 valence electrons. The highest BCUT2D eigenvalue weighted by atomic mass is 16.5. The number of carbonyl (C=O) groups excluding carboxylic acids is 1. The second kappa shape index (κ2) is 7.88. The summed E-state index contributed by atoms with van der Waals surface area (Å²) < 4.78 is 11.1. The maximum Gasteiger partial charge on any atom is 0.314 e. The predicted octanol–water partition coefficient (Wildman–Crippen LogP) is 3.81. The van der Waals surface area contributed by atoms with Gasteiger partial charge in [-0.15, -0.1) is 0 Å². The Morgan fingerprint density at radius 3 is 2.26 bits per heavy atom. The van der Waals surface area contributed by atoms with Crippen LogP contribution in [0.5, 0.6) is 0 Å². The molecular formula is C16H30O3. The highest BCUT2D eigenvalue weighted by molar-refractivity contribution is 5.78. The van der Waals surface area contributed by atoms with Gasteiger partial charge in [0.25, 0.3) is 0 Å². The lowest BCUT2D eigenvalue weighted by Crippen LogP contribution is -2.48. The standard InChI is InChI=1S/C16H30O3/c1-5-18-12-16(13(3)4,15(17)19-6-2)14-10-8-7-9-11-14/h13-14H,5-12H2,1-4H3. The van der Waals surface area contributed by atoms with Gasteiger partial charge in [-0.3, -0.25) is 4.79 Å². The van der Waals surface area contributed by atoms with Gasteiger partial charge in [-0.2, -0.15) is 0 Å². The van der Waals surface area contributed by atoms with Gasteiger partial charge in [-0.1, -0.05) is 33.1 Å². The van der Waals surface area contributed by atoms with Gasteiger partial charge in [-0.05, 0) is 38.5 Å². The van der Waals surface area contributed by atoms with E-state index in [1.165, 1.54) is 19.3 Å². The zero-order chi connectivity index (χ0) is 14.3. The molecule has 0 aromatic carbocycles. The van der Waals surface area contributed by atoms with Gasteiger partial charge in [0.2, 0.25) is 0 Å². The number of esters is 1. The highest BCUT2D eigenvalue weighted by Gasteiger charge is 2.49. The monoisotopic (exact) mass is 270 g/mol. The molecular weight excluding hydrogens is 240 g/mol. The Hall–Kier alpha value is -0.570. The van der Waals surface area contributed by atoms with Gasteiger partial charge in [-0.25, -0.2) is 0 Å². The Kier molecular flexibility index (Phi) is 6.84. The van der Waals surface area contributed by atoms with Gasteiger partial charge in [0.05, 0.1) is 18.6 Å². The molecule has 0 saturated heterocycles. The van der Waals surface area contributed by atoms with E-state index in [-0.39, 0.29) is 11.9 Å². The van der Waals surface area contributed by atoms with E-state index in [1.807, 2.05) is 13.8 Å². The second-order valence-corrected chi connectivity index (χ2v) is 5.89. The molecule has 19 heavy (non-hydrogen) atoms. The fraction of sp³-hybridized carbons (Fsp3) is 0.938.